The first-order valence-electron chi connectivity index (χ1n) is 13.5. The van der Waals surface area contributed by atoms with Gasteiger partial charge in [-0.25, -0.2) is 14.6 Å². The van der Waals surface area contributed by atoms with Crippen molar-refractivity contribution in [3.63, 3.8) is 0 Å². The Kier molecular flexibility index (Phi) is 6.31. The van der Waals surface area contributed by atoms with E-state index < -0.39 is 0 Å². The van der Waals surface area contributed by atoms with Crippen LogP contribution in [0.25, 0.3) is 34.0 Å². The van der Waals surface area contributed by atoms with E-state index in [0.717, 1.165) is 71.0 Å². The lowest BCUT2D eigenvalue weighted by Crippen LogP contribution is -2.42. The molecule has 6 rings (SSSR count). The zero-order chi connectivity index (χ0) is 26.6. The van der Waals surface area contributed by atoms with Gasteiger partial charge in [0.2, 0.25) is 0 Å². The largest absolute Gasteiger partial charge is 0.491 e. The Bertz CT molecular complexity index is 1460. The molecule has 2 aliphatic heterocycles. The van der Waals surface area contributed by atoms with E-state index in [4.69, 9.17) is 14.5 Å². The topological polar surface area (TPSA) is 88.0 Å². The summed E-state index contributed by atoms with van der Waals surface area (Å²) in [6, 6.07) is 7.03. The minimum Gasteiger partial charge on any atom is -0.491 e. The van der Waals surface area contributed by atoms with Crippen LogP contribution in [0.3, 0.4) is 0 Å². The molecule has 38 heavy (non-hydrogen) atoms. The van der Waals surface area contributed by atoms with E-state index in [0.29, 0.717) is 19.2 Å². The lowest BCUT2D eigenvalue weighted by molar-refractivity contribution is -0.0434. The highest BCUT2D eigenvalue weighted by atomic mass is 16.5. The van der Waals surface area contributed by atoms with Crippen LogP contribution in [0.1, 0.15) is 51.4 Å². The smallest absolute Gasteiger partial charge is 0.178 e. The Balaban J connectivity index is 1.37. The van der Waals surface area contributed by atoms with Crippen LogP contribution in [0.4, 0.5) is 0 Å². The molecule has 200 valence electrons. The summed E-state index contributed by atoms with van der Waals surface area (Å²) in [7, 11) is 1.99. The molecule has 0 spiro atoms. The maximum Gasteiger partial charge on any atom is 0.178 e. The molecule has 5 heterocycles. The van der Waals surface area contributed by atoms with E-state index in [2.05, 4.69) is 76.7 Å². The zero-order valence-corrected chi connectivity index (χ0v) is 23.0. The summed E-state index contributed by atoms with van der Waals surface area (Å²) in [5, 5.41) is 9.19. The van der Waals surface area contributed by atoms with Gasteiger partial charge in [-0.3, -0.25) is 9.58 Å². The van der Waals surface area contributed by atoms with Gasteiger partial charge in [0.05, 0.1) is 30.6 Å². The highest BCUT2D eigenvalue weighted by Crippen LogP contribution is 2.39. The molecule has 1 unspecified atom stereocenters. The molecule has 1 atom stereocenters. The second kappa shape index (κ2) is 9.67. The number of morpholine rings is 1. The Hall–Kier alpha value is -3.50. The number of hydrogen-bond donors (Lipinski definition) is 0. The van der Waals surface area contributed by atoms with Crippen molar-refractivity contribution in [1.29, 1.82) is 0 Å². The number of imidazole rings is 1. The van der Waals surface area contributed by atoms with Crippen LogP contribution in [0.5, 0.6) is 5.75 Å². The monoisotopic (exact) mass is 516 g/mol. The Morgan fingerprint density at radius 3 is 2.61 bits per heavy atom. The van der Waals surface area contributed by atoms with Crippen molar-refractivity contribution in [1.82, 2.24) is 39.0 Å². The van der Waals surface area contributed by atoms with E-state index in [1.807, 2.05) is 29.5 Å². The van der Waals surface area contributed by atoms with Crippen molar-refractivity contribution in [3.8, 4) is 39.8 Å². The maximum atomic E-state index is 6.24. The third-order valence-electron chi connectivity index (χ3n) is 7.47. The fraction of sp³-hybridized carbons (Fsp3) is 0.500. The molecular formula is C28H36N8O2. The van der Waals surface area contributed by atoms with Gasteiger partial charge in [-0.05, 0) is 52.3 Å². The zero-order valence-electron chi connectivity index (χ0n) is 23.0. The fourth-order valence-electron chi connectivity index (χ4n) is 5.48. The van der Waals surface area contributed by atoms with Gasteiger partial charge in [-0.1, -0.05) is 6.07 Å². The van der Waals surface area contributed by atoms with Gasteiger partial charge in [-0.15, -0.1) is 0 Å². The summed E-state index contributed by atoms with van der Waals surface area (Å²) in [6.07, 6.45) is 3.96. The van der Waals surface area contributed by atoms with Crippen LogP contribution in [0.2, 0.25) is 0 Å². The summed E-state index contributed by atoms with van der Waals surface area (Å²) in [5.74, 6) is 3.24. The van der Waals surface area contributed by atoms with Crippen molar-refractivity contribution in [2.24, 2.45) is 7.05 Å². The normalized spacial score (nSPS) is 17.9. The number of hydrogen-bond acceptors (Lipinski definition) is 7. The van der Waals surface area contributed by atoms with Crippen molar-refractivity contribution < 1.29 is 9.47 Å². The van der Waals surface area contributed by atoms with E-state index in [1.165, 1.54) is 0 Å². The number of nitrogens with zero attached hydrogens (tertiary/aromatic N) is 8. The average Bonchev–Trinajstić information content (AvgIpc) is 3.58. The second-order valence-electron chi connectivity index (χ2n) is 10.7. The average molecular weight is 517 g/mol. The van der Waals surface area contributed by atoms with Gasteiger partial charge in [0.1, 0.15) is 35.8 Å². The lowest BCUT2D eigenvalue weighted by atomic mass is 10.00. The van der Waals surface area contributed by atoms with Gasteiger partial charge in [0.15, 0.2) is 5.82 Å². The number of fused-ring (bicyclic) bond motifs is 3. The minimum atomic E-state index is -0.0309. The molecule has 0 saturated carbocycles. The number of aromatic nitrogens is 7. The Morgan fingerprint density at radius 2 is 1.82 bits per heavy atom. The van der Waals surface area contributed by atoms with E-state index in [9.17, 15) is 0 Å². The molecule has 3 aromatic heterocycles. The van der Waals surface area contributed by atoms with Gasteiger partial charge in [0, 0.05) is 44.0 Å². The number of ether oxygens (including phenoxy) is 2. The van der Waals surface area contributed by atoms with Crippen LogP contribution in [0.15, 0.2) is 30.6 Å². The molecule has 1 fully saturated rings. The maximum absolute atomic E-state index is 6.24. The van der Waals surface area contributed by atoms with Crippen LogP contribution < -0.4 is 4.74 Å². The van der Waals surface area contributed by atoms with Crippen molar-refractivity contribution in [2.75, 3.05) is 26.3 Å². The van der Waals surface area contributed by atoms with E-state index >= 15 is 0 Å². The lowest BCUT2D eigenvalue weighted by Gasteiger charge is -2.35. The third kappa shape index (κ3) is 4.31. The first-order valence-corrected chi connectivity index (χ1v) is 13.5. The summed E-state index contributed by atoms with van der Waals surface area (Å²) in [6.45, 7) is 14.4. The van der Waals surface area contributed by atoms with Crippen molar-refractivity contribution in [2.45, 2.75) is 59.4 Å². The summed E-state index contributed by atoms with van der Waals surface area (Å²) in [4.78, 5) is 12.2. The molecule has 10 nitrogen and oxygen atoms in total. The predicted octanol–water partition coefficient (Wildman–Crippen LogP) is 4.27. The molecule has 1 saturated heterocycles. The van der Waals surface area contributed by atoms with Gasteiger partial charge < -0.3 is 14.0 Å². The molecule has 0 bridgehead atoms. The van der Waals surface area contributed by atoms with Gasteiger partial charge in [0.25, 0.3) is 0 Å². The quantitative estimate of drug-likeness (QED) is 0.391. The first-order chi connectivity index (χ1) is 18.3. The molecule has 0 N–H and O–H groups in total. The highest BCUT2D eigenvalue weighted by Gasteiger charge is 2.29. The first kappa shape index (κ1) is 24.8. The molecule has 2 aliphatic rings. The van der Waals surface area contributed by atoms with Crippen LogP contribution in [0, 0.1) is 6.92 Å². The van der Waals surface area contributed by atoms with E-state index in [1.54, 1.807) is 0 Å². The number of rotatable bonds is 5. The predicted molar refractivity (Wildman–Crippen MR) is 145 cm³/mol. The van der Waals surface area contributed by atoms with Gasteiger partial charge >= 0.3 is 0 Å². The standard InChI is InChI=1S/C28H36N8O2/c1-17(2)34-9-11-38-25(16-34)26-22(14-29-33(26)6)20-7-8-21-24(13-20)37-12-10-35-15-23(31-27(21)35)28-30-19(5)32-36(28)18(3)4/h7-8,13-15,17-18,25H,9-12,16H2,1-6H3. The van der Waals surface area contributed by atoms with Crippen LogP contribution >= 0.6 is 0 Å². The molecular weight excluding hydrogens is 480 g/mol. The van der Waals surface area contributed by atoms with Crippen LogP contribution in [-0.2, 0) is 18.3 Å². The molecule has 0 aliphatic carbocycles. The van der Waals surface area contributed by atoms with Crippen molar-refractivity contribution >= 4 is 0 Å². The third-order valence-corrected chi connectivity index (χ3v) is 7.47. The molecule has 10 heteroatoms. The Labute approximate surface area is 223 Å². The molecule has 1 aromatic carbocycles. The molecule has 4 aromatic rings. The van der Waals surface area contributed by atoms with E-state index in [-0.39, 0.29) is 12.1 Å². The minimum absolute atomic E-state index is 0.0309. The Morgan fingerprint density at radius 1 is 0.974 bits per heavy atom. The number of benzene rings is 1. The molecule has 0 amide bonds. The van der Waals surface area contributed by atoms with Gasteiger partial charge in [-0.2, -0.15) is 10.2 Å². The fourth-order valence-corrected chi connectivity index (χ4v) is 5.48. The van der Waals surface area contributed by atoms with Crippen LogP contribution in [-0.4, -0.2) is 71.3 Å². The molecule has 0 radical (unpaired) electrons. The highest BCUT2D eigenvalue weighted by molar-refractivity contribution is 5.76. The van der Waals surface area contributed by atoms with Crippen molar-refractivity contribution in [3.05, 3.63) is 42.1 Å². The SMILES string of the molecule is Cc1nc(-c2cn3c(n2)-c2ccc(-c4cnn(C)c4C4CN(C(C)C)CCO4)cc2OCC3)n(C(C)C)n1. The second-order valence-corrected chi connectivity index (χ2v) is 10.7. The summed E-state index contributed by atoms with van der Waals surface area (Å²) >= 11 is 0. The summed E-state index contributed by atoms with van der Waals surface area (Å²) < 4.78 is 18.5. The number of aryl methyl sites for hydroxylation is 2. The summed E-state index contributed by atoms with van der Waals surface area (Å²) in [5.41, 5.74) is 5.02.